The molecule has 0 N–H and O–H groups in total. The molecule has 3 atom stereocenters. The van der Waals surface area contributed by atoms with Gasteiger partial charge >= 0.3 is 0 Å². The summed E-state index contributed by atoms with van der Waals surface area (Å²) >= 11 is 0. The monoisotopic (exact) mass is 181 g/mol. The molecular formula is C12H23N. The van der Waals surface area contributed by atoms with E-state index in [4.69, 9.17) is 0 Å². The van der Waals surface area contributed by atoms with E-state index in [2.05, 4.69) is 51.7 Å². The van der Waals surface area contributed by atoms with Crippen LogP contribution in [0.1, 0.15) is 41.0 Å². The molecule has 1 heteroatoms. The van der Waals surface area contributed by atoms with Crippen molar-refractivity contribution in [3.05, 3.63) is 12.2 Å². The van der Waals surface area contributed by atoms with Crippen molar-refractivity contribution in [1.82, 2.24) is 4.90 Å². The van der Waals surface area contributed by atoms with Crippen molar-refractivity contribution in [2.75, 3.05) is 0 Å². The molecule has 76 valence electrons. The third-order valence-corrected chi connectivity index (χ3v) is 3.17. The minimum Gasteiger partial charge on any atom is -0.291 e. The topological polar surface area (TPSA) is 3.24 Å². The van der Waals surface area contributed by atoms with Crippen molar-refractivity contribution in [3.8, 4) is 0 Å². The van der Waals surface area contributed by atoms with E-state index < -0.39 is 0 Å². The first-order valence-electron chi connectivity index (χ1n) is 5.53. The van der Waals surface area contributed by atoms with E-state index in [1.54, 1.807) is 0 Å². The lowest BCUT2D eigenvalue weighted by Crippen LogP contribution is -2.50. The Morgan fingerprint density at radius 2 is 1.85 bits per heavy atom. The molecule has 0 aromatic rings. The Hall–Kier alpha value is -0.300. The molecule has 1 aliphatic rings. The summed E-state index contributed by atoms with van der Waals surface area (Å²) in [5.74, 6) is 0.712. The van der Waals surface area contributed by atoms with Crippen LogP contribution in [0.4, 0.5) is 0 Å². The van der Waals surface area contributed by atoms with Crippen LogP contribution in [0.15, 0.2) is 12.2 Å². The summed E-state index contributed by atoms with van der Waals surface area (Å²) in [7, 11) is 0. The van der Waals surface area contributed by atoms with E-state index in [1.807, 2.05) is 0 Å². The van der Waals surface area contributed by atoms with Crippen LogP contribution in [-0.4, -0.2) is 23.0 Å². The van der Waals surface area contributed by atoms with Crippen molar-refractivity contribution < 1.29 is 0 Å². The first kappa shape index (κ1) is 10.8. The molecule has 1 nitrogen and oxygen atoms in total. The Balaban J connectivity index is 2.82. The van der Waals surface area contributed by atoms with Crippen LogP contribution < -0.4 is 0 Å². The molecule has 0 saturated carbocycles. The highest BCUT2D eigenvalue weighted by molar-refractivity contribution is 5.05. The minimum atomic E-state index is 0.612. The summed E-state index contributed by atoms with van der Waals surface area (Å²) in [5, 5.41) is 0. The van der Waals surface area contributed by atoms with Gasteiger partial charge in [-0.25, -0.2) is 0 Å². The summed E-state index contributed by atoms with van der Waals surface area (Å²) in [6.45, 7) is 11.5. The van der Waals surface area contributed by atoms with Gasteiger partial charge < -0.3 is 0 Å². The second-order valence-electron chi connectivity index (χ2n) is 4.50. The van der Waals surface area contributed by atoms with Gasteiger partial charge in [-0.1, -0.05) is 26.0 Å². The first-order valence-corrected chi connectivity index (χ1v) is 5.53. The van der Waals surface area contributed by atoms with Gasteiger partial charge in [0.1, 0.15) is 0 Å². The zero-order valence-corrected chi connectivity index (χ0v) is 9.62. The van der Waals surface area contributed by atoms with Gasteiger partial charge in [0.05, 0.1) is 0 Å². The molecule has 0 saturated heterocycles. The fourth-order valence-electron chi connectivity index (χ4n) is 2.57. The van der Waals surface area contributed by atoms with Crippen LogP contribution in [-0.2, 0) is 0 Å². The summed E-state index contributed by atoms with van der Waals surface area (Å²) in [5.41, 5.74) is 0. The lowest BCUT2D eigenvalue weighted by Gasteiger charge is -2.43. The van der Waals surface area contributed by atoms with Gasteiger partial charge in [-0.3, -0.25) is 4.90 Å². The molecule has 0 spiro atoms. The zero-order valence-electron chi connectivity index (χ0n) is 9.62. The number of hydrogen-bond acceptors (Lipinski definition) is 1. The van der Waals surface area contributed by atoms with Crippen molar-refractivity contribution in [3.63, 3.8) is 0 Å². The van der Waals surface area contributed by atoms with Gasteiger partial charge in [0.25, 0.3) is 0 Å². The summed E-state index contributed by atoms with van der Waals surface area (Å²) in [6.07, 6.45) is 5.97. The SMILES string of the molecule is CCC1C(C)C=CC(C)N1C(C)C. The lowest BCUT2D eigenvalue weighted by molar-refractivity contribution is 0.0887. The van der Waals surface area contributed by atoms with Crippen LogP contribution >= 0.6 is 0 Å². The molecule has 0 aliphatic carbocycles. The average Bonchev–Trinajstić information content (AvgIpc) is 2.07. The van der Waals surface area contributed by atoms with Gasteiger partial charge in [0.15, 0.2) is 0 Å². The van der Waals surface area contributed by atoms with Crippen molar-refractivity contribution >= 4 is 0 Å². The summed E-state index contributed by atoms with van der Waals surface area (Å²) in [6, 6.07) is 2.01. The molecule has 0 aromatic heterocycles. The van der Waals surface area contributed by atoms with Gasteiger partial charge in [0.2, 0.25) is 0 Å². The third-order valence-electron chi connectivity index (χ3n) is 3.17. The maximum atomic E-state index is 2.63. The maximum absolute atomic E-state index is 2.63. The van der Waals surface area contributed by atoms with E-state index in [-0.39, 0.29) is 0 Å². The highest BCUT2D eigenvalue weighted by Gasteiger charge is 2.29. The van der Waals surface area contributed by atoms with Crippen molar-refractivity contribution in [1.29, 1.82) is 0 Å². The van der Waals surface area contributed by atoms with Gasteiger partial charge in [0, 0.05) is 18.1 Å². The van der Waals surface area contributed by atoms with Gasteiger partial charge in [-0.15, -0.1) is 0 Å². The highest BCUT2D eigenvalue weighted by atomic mass is 15.2. The predicted molar refractivity (Wildman–Crippen MR) is 58.8 cm³/mol. The third kappa shape index (κ3) is 2.14. The molecular weight excluding hydrogens is 158 g/mol. The first-order chi connectivity index (χ1) is 6.07. The maximum Gasteiger partial charge on any atom is 0.0255 e. The second kappa shape index (κ2) is 4.28. The molecule has 1 heterocycles. The van der Waals surface area contributed by atoms with Crippen LogP contribution in [0.3, 0.4) is 0 Å². The molecule has 0 radical (unpaired) electrons. The van der Waals surface area contributed by atoms with Crippen LogP contribution in [0, 0.1) is 5.92 Å². The van der Waals surface area contributed by atoms with Crippen LogP contribution in [0.5, 0.6) is 0 Å². The molecule has 0 fully saturated rings. The molecule has 1 rings (SSSR count). The van der Waals surface area contributed by atoms with Crippen LogP contribution in [0.2, 0.25) is 0 Å². The minimum absolute atomic E-state index is 0.612. The standard InChI is InChI=1S/C12H23N/c1-6-12-10(4)7-8-11(5)13(12)9(2)3/h7-12H,6H2,1-5H3. The Morgan fingerprint density at radius 1 is 1.23 bits per heavy atom. The Bertz CT molecular complexity index is 184. The van der Waals surface area contributed by atoms with E-state index in [1.165, 1.54) is 6.42 Å². The summed E-state index contributed by atoms with van der Waals surface area (Å²) in [4.78, 5) is 2.63. The molecule has 13 heavy (non-hydrogen) atoms. The highest BCUT2D eigenvalue weighted by Crippen LogP contribution is 2.26. The average molecular weight is 181 g/mol. The Kier molecular flexibility index (Phi) is 3.55. The van der Waals surface area contributed by atoms with Crippen molar-refractivity contribution in [2.45, 2.75) is 59.2 Å². The van der Waals surface area contributed by atoms with Crippen LogP contribution in [0.25, 0.3) is 0 Å². The van der Waals surface area contributed by atoms with E-state index in [9.17, 15) is 0 Å². The Morgan fingerprint density at radius 3 is 2.23 bits per heavy atom. The second-order valence-corrected chi connectivity index (χ2v) is 4.50. The molecule has 1 aliphatic heterocycles. The van der Waals surface area contributed by atoms with E-state index in [0.717, 1.165) is 6.04 Å². The molecule has 3 unspecified atom stereocenters. The number of rotatable bonds is 2. The quantitative estimate of drug-likeness (QED) is 0.592. The fourth-order valence-corrected chi connectivity index (χ4v) is 2.57. The van der Waals surface area contributed by atoms with E-state index >= 15 is 0 Å². The summed E-state index contributed by atoms with van der Waals surface area (Å²) < 4.78 is 0. The van der Waals surface area contributed by atoms with Crippen molar-refractivity contribution in [2.24, 2.45) is 5.92 Å². The molecule has 0 aromatic carbocycles. The number of nitrogens with zero attached hydrogens (tertiary/aromatic N) is 1. The van der Waals surface area contributed by atoms with Gasteiger partial charge in [-0.05, 0) is 33.1 Å². The largest absolute Gasteiger partial charge is 0.291 e. The smallest absolute Gasteiger partial charge is 0.0255 e. The van der Waals surface area contributed by atoms with E-state index in [0.29, 0.717) is 18.0 Å². The molecule has 0 bridgehead atoms. The normalized spacial score (nSPS) is 35.7. The predicted octanol–water partition coefficient (Wildman–Crippen LogP) is 3.07. The molecule has 0 amide bonds. The Labute approximate surface area is 82.8 Å². The lowest BCUT2D eigenvalue weighted by atomic mass is 9.90. The van der Waals surface area contributed by atoms with Gasteiger partial charge in [-0.2, -0.15) is 0 Å². The fraction of sp³-hybridized carbons (Fsp3) is 0.833. The zero-order chi connectivity index (χ0) is 10.0. The number of hydrogen-bond donors (Lipinski definition) is 0.